The molecule has 306 valence electrons. The number of benzene rings is 2. The van der Waals surface area contributed by atoms with Gasteiger partial charge in [-0.15, -0.1) is 17.9 Å². The van der Waals surface area contributed by atoms with Crippen molar-refractivity contribution in [2.75, 3.05) is 19.0 Å². The lowest BCUT2D eigenvalue weighted by atomic mass is 9.85. The number of carbonyl (C=O) groups excluding carboxylic acids is 3. The SMILES string of the molecule is C=C[C@@H]1C[C@]1(NC(=O)[C@@H]1C[C@@H](Oc2ncc(OC)c3ccc(Cl)cc23)CN1C(=O)[C@@H](Nc1nc(-c2ccc(C(=O)O)cc2)cs1)C(C)(C)C)C(=O)NS(=O)(=O)C1CC1. The van der Waals surface area contributed by atoms with Gasteiger partial charge in [0.15, 0.2) is 5.13 Å². The minimum atomic E-state index is -3.92. The number of nitrogens with zero attached hydrogens (tertiary/aromatic N) is 3. The van der Waals surface area contributed by atoms with E-state index in [1.807, 2.05) is 20.8 Å². The van der Waals surface area contributed by atoms with Gasteiger partial charge in [-0.25, -0.2) is 23.2 Å². The number of nitrogens with one attached hydrogen (secondary N) is 3. The van der Waals surface area contributed by atoms with Gasteiger partial charge in [0.05, 0.1) is 36.4 Å². The molecule has 18 heteroatoms. The van der Waals surface area contributed by atoms with Gasteiger partial charge in [-0.05, 0) is 55.0 Å². The van der Waals surface area contributed by atoms with E-state index in [0.717, 1.165) is 0 Å². The number of anilines is 1. The first-order valence-electron chi connectivity index (χ1n) is 18.6. The standard InChI is InChI=1S/C40H43ClN6O9S2/c1-6-23-17-40(23,37(52)46-58(53,54)26-12-13-26)45-33(48)30-16-25(56-34-28-15-24(41)11-14-27(28)31(55-5)18-42-34)19-47(30)35(49)32(39(2,3)4)44-38-43-29(20-57-38)21-7-9-22(10-8-21)36(50)51/h6-11,14-15,18,20,23,25-26,30,32H,1,12-13,16-17,19H2,2-5H3,(H,43,44)(H,45,48)(H,46,52)(H,50,51)/t23-,25-,30+,32-,40-/m1/s1. The van der Waals surface area contributed by atoms with Crippen molar-refractivity contribution < 1.29 is 42.2 Å². The molecular weight excluding hydrogens is 808 g/mol. The number of hydrogen-bond acceptors (Lipinski definition) is 12. The molecule has 2 aliphatic carbocycles. The number of methoxy groups -OCH3 is 1. The number of likely N-dealkylation sites (tertiary alicyclic amines) is 1. The predicted molar refractivity (Wildman–Crippen MR) is 218 cm³/mol. The number of carbonyl (C=O) groups is 4. The number of fused-ring (bicyclic) bond motifs is 1. The first-order valence-corrected chi connectivity index (χ1v) is 21.4. The van der Waals surface area contributed by atoms with Crippen LogP contribution in [-0.4, -0.2) is 94.7 Å². The quantitative estimate of drug-likeness (QED) is 0.120. The summed E-state index contributed by atoms with van der Waals surface area (Å²) >= 11 is 7.63. The van der Waals surface area contributed by atoms with Crippen LogP contribution in [0.2, 0.25) is 5.02 Å². The topological polar surface area (TPSA) is 206 Å². The molecule has 0 bridgehead atoms. The van der Waals surface area contributed by atoms with E-state index in [-0.39, 0.29) is 30.8 Å². The smallest absolute Gasteiger partial charge is 0.335 e. The molecule has 0 radical (unpaired) electrons. The second kappa shape index (κ2) is 15.5. The highest BCUT2D eigenvalue weighted by atomic mass is 35.5. The van der Waals surface area contributed by atoms with Crippen LogP contribution in [0.1, 0.15) is 56.8 Å². The number of hydrogen-bond donors (Lipinski definition) is 4. The maximum atomic E-state index is 14.9. The van der Waals surface area contributed by atoms with Crippen LogP contribution in [0.4, 0.5) is 5.13 Å². The van der Waals surface area contributed by atoms with E-state index < -0.39 is 74.0 Å². The van der Waals surface area contributed by atoms with Crippen molar-refractivity contribution in [2.24, 2.45) is 11.3 Å². The molecule has 0 unspecified atom stereocenters. The second-order valence-corrected chi connectivity index (χ2v) is 19.1. The minimum Gasteiger partial charge on any atom is -0.494 e. The lowest BCUT2D eigenvalue weighted by Crippen LogP contribution is -2.58. The maximum absolute atomic E-state index is 14.9. The normalized spacial score (nSPS) is 22.2. The molecule has 1 aliphatic heterocycles. The summed E-state index contributed by atoms with van der Waals surface area (Å²) in [5, 5.41) is 18.6. The molecule has 2 saturated carbocycles. The molecule has 3 aliphatic rings. The van der Waals surface area contributed by atoms with Crippen molar-refractivity contribution in [3.05, 3.63) is 77.3 Å². The van der Waals surface area contributed by atoms with Crippen LogP contribution < -0.4 is 24.8 Å². The van der Waals surface area contributed by atoms with Crippen molar-refractivity contribution in [3.63, 3.8) is 0 Å². The number of thiazole rings is 1. The number of aromatic nitrogens is 2. The molecule has 0 spiro atoms. The Bertz CT molecular complexity index is 2410. The van der Waals surface area contributed by atoms with Crippen LogP contribution >= 0.6 is 22.9 Å². The number of rotatable bonds is 14. The van der Waals surface area contributed by atoms with Crippen molar-refractivity contribution in [2.45, 2.75) is 75.4 Å². The van der Waals surface area contributed by atoms with Crippen LogP contribution in [0.25, 0.3) is 22.0 Å². The van der Waals surface area contributed by atoms with E-state index >= 15 is 0 Å². The van der Waals surface area contributed by atoms with Gasteiger partial charge in [-0.1, -0.05) is 50.6 Å². The molecule has 58 heavy (non-hydrogen) atoms. The van der Waals surface area contributed by atoms with E-state index in [9.17, 15) is 32.7 Å². The zero-order valence-electron chi connectivity index (χ0n) is 32.2. The third-order valence-electron chi connectivity index (χ3n) is 10.7. The molecule has 2 aromatic heterocycles. The zero-order valence-corrected chi connectivity index (χ0v) is 34.5. The van der Waals surface area contributed by atoms with Crippen LogP contribution in [0.15, 0.2) is 66.7 Å². The van der Waals surface area contributed by atoms with Crippen LogP contribution in [0, 0.1) is 11.3 Å². The number of carboxylic acids is 1. The van der Waals surface area contributed by atoms with Gasteiger partial charge < -0.3 is 30.1 Å². The molecule has 4 aromatic rings. The Morgan fingerprint density at radius 1 is 1.12 bits per heavy atom. The summed E-state index contributed by atoms with van der Waals surface area (Å²) in [6.07, 6.45) is 3.30. The Kier molecular flexibility index (Phi) is 10.9. The van der Waals surface area contributed by atoms with Gasteiger partial charge in [0.25, 0.3) is 5.91 Å². The highest BCUT2D eigenvalue weighted by Crippen LogP contribution is 2.46. The third-order valence-corrected chi connectivity index (χ3v) is 13.5. The molecule has 3 fully saturated rings. The van der Waals surface area contributed by atoms with Crippen LogP contribution in [-0.2, 0) is 24.4 Å². The van der Waals surface area contributed by atoms with E-state index in [1.54, 1.807) is 35.7 Å². The summed E-state index contributed by atoms with van der Waals surface area (Å²) in [4.78, 5) is 64.8. The van der Waals surface area contributed by atoms with Gasteiger partial charge in [0.1, 0.15) is 29.5 Å². The Morgan fingerprint density at radius 3 is 2.47 bits per heavy atom. The Labute approximate surface area is 344 Å². The number of carboxylic acid groups (broad SMARTS) is 1. The van der Waals surface area contributed by atoms with Gasteiger partial charge >= 0.3 is 5.97 Å². The molecule has 1 saturated heterocycles. The van der Waals surface area contributed by atoms with Gasteiger partial charge in [0, 0.05) is 39.1 Å². The molecule has 15 nitrogen and oxygen atoms in total. The summed E-state index contributed by atoms with van der Waals surface area (Å²) < 4.78 is 39.7. The number of amides is 3. The maximum Gasteiger partial charge on any atom is 0.335 e. The first kappa shape index (κ1) is 40.9. The molecule has 7 rings (SSSR count). The predicted octanol–water partition coefficient (Wildman–Crippen LogP) is 5.26. The number of aromatic carboxylic acids is 1. The van der Waals surface area contributed by atoms with E-state index in [4.69, 9.17) is 21.1 Å². The Balaban J connectivity index is 1.18. The molecular formula is C40H43ClN6O9S2. The number of halogens is 1. The highest BCUT2D eigenvalue weighted by molar-refractivity contribution is 7.91. The van der Waals surface area contributed by atoms with Crippen LogP contribution in [0.3, 0.4) is 0 Å². The Hall–Kier alpha value is -5.26. The van der Waals surface area contributed by atoms with Crippen molar-refractivity contribution in [1.82, 2.24) is 24.9 Å². The van der Waals surface area contributed by atoms with Gasteiger partial charge in [0.2, 0.25) is 27.7 Å². The third kappa shape index (κ3) is 8.20. The largest absolute Gasteiger partial charge is 0.494 e. The van der Waals surface area contributed by atoms with Crippen molar-refractivity contribution in [1.29, 1.82) is 0 Å². The summed E-state index contributed by atoms with van der Waals surface area (Å²) in [5.74, 6) is -2.82. The fourth-order valence-corrected chi connectivity index (χ4v) is 9.45. The van der Waals surface area contributed by atoms with E-state index in [0.29, 0.717) is 50.8 Å². The molecule has 2 aromatic carbocycles. The summed E-state index contributed by atoms with van der Waals surface area (Å²) in [6, 6.07) is 9.39. The van der Waals surface area contributed by atoms with Gasteiger partial charge in [-0.3, -0.25) is 19.1 Å². The lowest BCUT2D eigenvalue weighted by Gasteiger charge is -2.35. The summed E-state index contributed by atoms with van der Waals surface area (Å²) in [6.45, 7) is 9.36. The average molecular weight is 851 g/mol. The van der Waals surface area contributed by atoms with Crippen LogP contribution in [0.5, 0.6) is 11.6 Å². The number of sulfonamides is 1. The highest BCUT2D eigenvalue weighted by Gasteiger charge is 2.62. The molecule has 3 heterocycles. The Morgan fingerprint density at radius 2 is 1.84 bits per heavy atom. The lowest BCUT2D eigenvalue weighted by molar-refractivity contribution is -0.141. The monoisotopic (exact) mass is 850 g/mol. The van der Waals surface area contributed by atoms with Crippen molar-refractivity contribution in [3.8, 4) is 22.9 Å². The fraction of sp³-hybridized carbons (Fsp3) is 0.400. The second-order valence-electron chi connectivity index (χ2n) is 15.8. The van der Waals surface area contributed by atoms with Crippen molar-refractivity contribution >= 4 is 72.6 Å². The first-order chi connectivity index (χ1) is 27.4. The summed E-state index contributed by atoms with van der Waals surface area (Å²) in [7, 11) is -2.40. The number of ether oxygens (including phenoxy) is 2. The van der Waals surface area contributed by atoms with Gasteiger partial charge in [-0.2, -0.15) is 0 Å². The summed E-state index contributed by atoms with van der Waals surface area (Å²) in [5.41, 5.74) is -0.895. The average Bonchev–Trinajstić information content (AvgIpc) is 4.07. The van der Waals surface area contributed by atoms with E-state index in [1.165, 1.54) is 47.8 Å². The molecule has 5 atom stereocenters. The minimum absolute atomic E-state index is 0.00870. The zero-order chi connectivity index (χ0) is 41.7. The molecule has 4 N–H and O–H groups in total. The molecule has 3 amide bonds. The fourth-order valence-electron chi connectivity index (χ4n) is 7.17. The number of pyridine rings is 1. The van der Waals surface area contributed by atoms with E-state index in [2.05, 4.69) is 31.9 Å².